The van der Waals surface area contributed by atoms with Gasteiger partial charge in [0.15, 0.2) is 10.6 Å². The van der Waals surface area contributed by atoms with Crippen LogP contribution >= 0.6 is 12.2 Å². The molecule has 3 aromatic rings. The number of nitrogens with zero attached hydrogens (tertiary/aromatic N) is 4. The van der Waals surface area contributed by atoms with Crippen molar-refractivity contribution in [2.24, 2.45) is 0 Å². The van der Waals surface area contributed by atoms with Gasteiger partial charge in [0.25, 0.3) is 0 Å². The van der Waals surface area contributed by atoms with Crippen molar-refractivity contribution < 1.29 is 4.74 Å². The lowest BCUT2D eigenvalue weighted by Crippen LogP contribution is -2.22. The molecule has 0 unspecified atom stereocenters. The largest absolute Gasteiger partial charge is 0.494 e. The molecule has 0 saturated heterocycles. The van der Waals surface area contributed by atoms with Gasteiger partial charge in [-0.1, -0.05) is 42.5 Å². The smallest absolute Gasteiger partial charge is 0.199 e. The van der Waals surface area contributed by atoms with Crippen molar-refractivity contribution >= 4 is 12.2 Å². The highest BCUT2D eigenvalue weighted by molar-refractivity contribution is 7.71. The molecule has 0 aliphatic carbocycles. The van der Waals surface area contributed by atoms with E-state index < -0.39 is 0 Å². The molecule has 142 valence electrons. The van der Waals surface area contributed by atoms with Gasteiger partial charge in [0.2, 0.25) is 0 Å². The van der Waals surface area contributed by atoms with Gasteiger partial charge in [0.1, 0.15) is 5.75 Å². The van der Waals surface area contributed by atoms with Gasteiger partial charge < -0.3 is 9.30 Å². The molecule has 0 spiro atoms. The summed E-state index contributed by atoms with van der Waals surface area (Å²) < 4.78 is 10.2. The van der Waals surface area contributed by atoms with Crippen molar-refractivity contribution in [2.75, 3.05) is 13.7 Å². The Morgan fingerprint density at radius 2 is 1.74 bits per heavy atom. The predicted octanol–water partition coefficient (Wildman–Crippen LogP) is 4.59. The van der Waals surface area contributed by atoms with E-state index in [9.17, 15) is 0 Å². The van der Waals surface area contributed by atoms with Crippen molar-refractivity contribution in [3.05, 3.63) is 64.9 Å². The Bertz CT molecular complexity index is 916. The Morgan fingerprint density at radius 1 is 1.04 bits per heavy atom. The summed E-state index contributed by atoms with van der Waals surface area (Å²) in [5, 5.41) is 4.78. The Balaban J connectivity index is 1.75. The molecule has 3 rings (SSSR count). The lowest BCUT2D eigenvalue weighted by molar-refractivity contribution is 0.243. The van der Waals surface area contributed by atoms with Gasteiger partial charge in [-0.25, -0.2) is 4.68 Å². The normalized spacial score (nSPS) is 11.1. The molecule has 1 aromatic heterocycles. The van der Waals surface area contributed by atoms with Gasteiger partial charge in [-0.15, -0.1) is 0 Å². The number of hydrogen-bond donors (Lipinski definition) is 0. The summed E-state index contributed by atoms with van der Waals surface area (Å²) in [6.07, 6.45) is 0. The Morgan fingerprint density at radius 3 is 2.37 bits per heavy atom. The van der Waals surface area contributed by atoms with Gasteiger partial charge in [-0.2, -0.15) is 5.10 Å². The number of rotatable bonds is 8. The van der Waals surface area contributed by atoms with E-state index in [0.717, 1.165) is 35.0 Å². The van der Waals surface area contributed by atoms with E-state index >= 15 is 0 Å². The van der Waals surface area contributed by atoms with E-state index in [4.69, 9.17) is 22.1 Å². The van der Waals surface area contributed by atoms with Crippen LogP contribution in [0.2, 0.25) is 0 Å². The minimum Gasteiger partial charge on any atom is -0.494 e. The lowest BCUT2D eigenvalue weighted by atomic mass is 10.2. The first-order valence-corrected chi connectivity index (χ1v) is 9.66. The van der Waals surface area contributed by atoms with Crippen LogP contribution < -0.4 is 4.74 Å². The van der Waals surface area contributed by atoms with Crippen LogP contribution in [0.1, 0.15) is 19.4 Å². The topological polar surface area (TPSA) is 35.2 Å². The standard InChI is InChI=1S/C21H26N4OS/c1-4-24-20(18-9-7-6-8-10-18)22-25(21(24)27)16-23(3)15-17-11-13-19(14-12-17)26-5-2/h6-14H,4-5,15-16H2,1-3H3. The average Bonchev–Trinajstić information content (AvgIpc) is 2.99. The molecular weight excluding hydrogens is 356 g/mol. The van der Waals surface area contributed by atoms with Crippen molar-refractivity contribution in [1.82, 2.24) is 19.2 Å². The van der Waals surface area contributed by atoms with Crippen LogP contribution in [0, 0.1) is 4.77 Å². The summed E-state index contributed by atoms with van der Waals surface area (Å²) in [5.74, 6) is 1.82. The van der Waals surface area contributed by atoms with Gasteiger partial charge in [-0.3, -0.25) is 4.90 Å². The second kappa shape index (κ2) is 8.97. The fraction of sp³-hybridized carbons (Fsp3) is 0.333. The zero-order chi connectivity index (χ0) is 19.2. The molecule has 0 bridgehead atoms. The molecule has 0 saturated carbocycles. The highest BCUT2D eigenvalue weighted by Crippen LogP contribution is 2.18. The monoisotopic (exact) mass is 382 g/mol. The van der Waals surface area contributed by atoms with Crippen molar-refractivity contribution in [3.63, 3.8) is 0 Å². The van der Waals surface area contributed by atoms with Crippen LogP contribution in [0.3, 0.4) is 0 Å². The predicted molar refractivity (Wildman–Crippen MR) is 111 cm³/mol. The molecule has 0 aliphatic heterocycles. The minimum atomic E-state index is 0.638. The van der Waals surface area contributed by atoms with Crippen LogP contribution in [-0.4, -0.2) is 32.9 Å². The summed E-state index contributed by atoms with van der Waals surface area (Å²) in [6.45, 7) is 7.02. The first kappa shape index (κ1) is 19.3. The first-order chi connectivity index (χ1) is 13.1. The number of hydrogen-bond acceptors (Lipinski definition) is 4. The summed E-state index contributed by atoms with van der Waals surface area (Å²) in [4.78, 5) is 2.20. The fourth-order valence-corrected chi connectivity index (χ4v) is 3.38. The molecule has 0 radical (unpaired) electrons. The van der Waals surface area contributed by atoms with E-state index in [1.165, 1.54) is 5.56 Å². The number of benzene rings is 2. The van der Waals surface area contributed by atoms with E-state index in [1.807, 2.05) is 41.9 Å². The van der Waals surface area contributed by atoms with Crippen LogP contribution in [0.4, 0.5) is 0 Å². The maximum Gasteiger partial charge on any atom is 0.199 e. The molecule has 0 N–H and O–H groups in total. The quantitative estimate of drug-likeness (QED) is 0.534. The van der Waals surface area contributed by atoms with Crippen LogP contribution in [0.25, 0.3) is 11.4 Å². The summed E-state index contributed by atoms with van der Waals surface area (Å²) in [5.41, 5.74) is 2.31. The Hall–Kier alpha value is -2.44. The highest BCUT2D eigenvalue weighted by Gasteiger charge is 2.12. The number of aromatic nitrogens is 3. The van der Waals surface area contributed by atoms with Gasteiger partial charge >= 0.3 is 0 Å². The van der Waals surface area contributed by atoms with Crippen molar-refractivity contribution in [2.45, 2.75) is 33.6 Å². The lowest BCUT2D eigenvalue weighted by Gasteiger charge is -2.16. The van der Waals surface area contributed by atoms with Crippen molar-refractivity contribution in [1.29, 1.82) is 0 Å². The second-order valence-electron chi connectivity index (χ2n) is 6.45. The zero-order valence-corrected chi connectivity index (χ0v) is 16.9. The highest BCUT2D eigenvalue weighted by atomic mass is 32.1. The minimum absolute atomic E-state index is 0.638. The zero-order valence-electron chi connectivity index (χ0n) is 16.1. The molecule has 27 heavy (non-hydrogen) atoms. The van der Waals surface area contributed by atoms with Crippen LogP contribution in [0.5, 0.6) is 5.75 Å². The Kier molecular flexibility index (Phi) is 6.42. The summed E-state index contributed by atoms with van der Waals surface area (Å²) >= 11 is 5.66. The van der Waals surface area contributed by atoms with Crippen molar-refractivity contribution in [3.8, 4) is 17.1 Å². The molecule has 0 fully saturated rings. The summed E-state index contributed by atoms with van der Waals surface area (Å²) in [6, 6.07) is 18.4. The van der Waals surface area contributed by atoms with E-state index in [0.29, 0.717) is 13.3 Å². The van der Waals surface area contributed by atoms with Crippen LogP contribution in [0.15, 0.2) is 54.6 Å². The Labute approximate surface area is 165 Å². The SMILES string of the molecule is CCOc1ccc(CN(C)Cn2nc(-c3ccccc3)n(CC)c2=S)cc1. The summed E-state index contributed by atoms with van der Waals surface area (Å²) in [7, 11) is 2.07. The first-order valence-electron chi connectivity index (χ1n) is 9.25. The molecule has 1 heterocycles. The average molecular weight is 383 g/mol. The third-order valence-corrected chi connectivity index (χ3v) is 4.76. The van der Waals surface area contributed by atoms with Crippen LogP contribution in [-0.2, 0) is 19.8 Å². The third-order valence-electron chi connectivity index (χ3n) is 4.33. The molecule has 0 aliphatic rings. The molecule has 5 nitrogen and oxygen atoms in total. The fourth-order valence-electron chi connectivity index (χ4n) is 3.07. The molecule has 0 amide bonds. The van der Waals surface area contributed by atoms with Gasteiger partial charge in [0.05, 0.1) is 13.3 Å². The third kappa shape index (κ3) is 4.64. The maximum absolute atomic E-state index is 5.66. The van der Waals surface area contributed by atoms with E-state index in [2.05, 4.69) is 47.7 Å². The maximum atomic E-state index is 5.66. The van der Waals surface area contributed by atoms with Gasteiger partial charge in [0, 0.05) is 18.7 Å². The second-order valence-corrected chi connectivity index (χ2v) is 6.81. The van der Waals surface area contributed by atoms with E-state index in [-0.39, 0.29) is 0 Å². The number of ether oxygens (including phenoxy) is 1. The van der Waals surface area contributed by atoms with E-state index in [1.54, 1.807) is 0 Å². The van der Waals surface area contributed by atoms with Gasteiger partial charge in [-0.05, 0) is 50.8 Å². The molecular formula is C21H26N4OS. The molecule has 6 heteroatoms. The molecule has 2 aromatic carbocycles. The molecule has 0 atom stereocenters.